The van der Waals surface area contributed by atoms with Gasteiger partial charge in [-0.25, -0.2) is 9.78 Å². The molecule has 7 nitrogen and oxygen atoms in total. The fourth-order valence-corrected chi connectivity index (χ4v) is 4.24. The van der Waals surface area contributed by atoms with Gasteiger partial charge in [0, 0.05) is 37.3 Å². The normalized spacial score (nSPS) is 15.7. The highest BCUT2D eigenvalue weighted by Gasteiger charge is 2.32. The monoisotopic (exact) mass is 461 g/mol. The number of rotatable bonds is 5. The van der Waals surface area contributed by atoms with Crippen LogP contribution in [0.15, 0.2) is 29.8 Å². The van der Waals surface area contributed by atoms with E-state index in [0.717, 1.165) is 17.1 Å². The Morgan fingerprint density at radius 1 is 1.30 bits per heavy atom. The quantitative estimate of drug-likeness (QED) is 0.715. The Bertz CT molecular complexity index is 902. The average molecular weight is 462 g/mol. The highest BCUT2D eigenvalue weighted by atomic mass is 35.5. The molecule has 3 rings (SSSR count). The maximum Gasteiger partial charge on any atom is 0.417 e. The zero-order valence-corrected chi connectivity index (χ0v) is 17.2. The Balaban J connectivity index is 1.61. The van der Waals surface area contributed by atoms with Gasteiger partial charge in [0.2, 0.25) is 5.91 Å². The van der Waals surface area contributed by atoms with Crippen molar-refractivity contribution >= 4 is 40.7 Å². The number of anilines is 1. The van der Waals surface area contributed by atoms with Crippen LogP contribution < -0.4 is 16.0 Å². The summed E-state index contributed by atoms with van der Waals surface area (Å²) in [5, 5.41) is 4.34. The summed E-state index contributed by atoms with van der Waals surface area (Å²) in [6.07, 6.45) is -3.71. The van der Waals surface area contributed by atoms with Crippen LogP contribution in [0.3, 0.4) is 0 Å². The topological polar surface area (TPSA) is 91.6 Å². The van der Waals surface area contributed by atoms with Gasteiger partial charge in [-0.2, -0.15) is 13.2 Å². The van der Waals surface area contributed by atoms with Crippen molar-refractivity contribution in [2.45, 2.75) is 18.6 Å². The third-order valence-electron chi connectivity index (χ3n) is 4.66. The van der Waals surface area contributed by atoms with Crippen LogP contribution >= 0.6 is 22.9 Å². The van der Waals surface area contributed by atoms with Gasteiger partial charge >= 0.3 is 12.2 Å². The molecule has 1 atom stereocenters. The molecule has 162 valence electrons. The van der Waals surface area contributed by atoms with Crippen LogP contribution in [0.5, 0.6) is 0 Å². The molecule has 3 N–H and O–H groups in total. The zero-order chi connectivity index (χ0) is 21.9. The number of hydrogen-bond acceptors (Lipinski definition) is 5. The van der Waals surface area contributed by atoms with Gasteiger partial charge in [-0.15, -0.1) is 11.3 Å². The minimum Gasteiger partial charge on any atom is -0.352 e. The van der Waals surface area contributed by atoms with E-state index in [2.05, 4.69) is 10.3 Å². The molecule has 0 saturated carbocycles. The lowest BCUT2D eigenvalue weighted by Gasteiger charge is -2.36. The summed E-state index contributed by atoms with van der Waals surface area (Å²) in [5.74, 6) is 0.0944. The zero-order valence-electron chi connectivity index (χ0n) is 15.7. The predicted octanol–water partition coefficient (Wildman–Crippen LogP) is 3.26. The average Bonchev–Trinajstić information content (AvgIpc) is 3.21. The summed E-state index contributed by atoms with van der Waals surface area (Å²) < 4.78 is 38.3. The van der Waals surface area contributed by atoms with Crippen molar-refractivity contribution in [1.29, 1.82) is 0 Å². The highest BCUT2D eigenvalue weighted by molar-refractivity contribution is 7.10. The van der Waals surface area contributed by atoms with Gasteiger partial charge in [0.25, 0.3) is 0 Å². The molecule has 1 aliphatic heterocycles. The van der Waals surface area contributed by atoms with Crippen LogP contribution in [0.2, 0.25) is 5.02 Å². The number of amides is 3. The first-order valence-corrected chi connectivity index (χ1v) is 10.3. The summed E-state index contributed by atoms with van der Waals surface area (Å²) >= 11 is 7.42. The second kappa shape index (κ2) is 9.09. The number of primary amides is 1. The predicted molar refractivity (Wildman–Crippen MR) is 107 cm³/mol. The van der Waals surface area contributed by atoms with E-state index in [-0.39, 0.29) is 23.2 Å². The molecule has 3 heterocycles. The van der Waals surface area contributed by atoms with E-state index in [1.165, 1.54) is 11.3 Å². The number of hydrogen-bond donors (Lipinski definition) is 2. The van der Waals surface area contributed by atoms with Gasteiger partial charge in [0.05, 0.1) is 23.0 Å². The van der Waals surface area contributed by atoms with Gasteiger partial charge in [-0.3, -0.25) is 4.79 Å². The second-order valence-electron chi connectivity index (χ2n) is 6.68. The van der Waals surface area contributed by atoms with Crippen molar-refractivity contribution < 1.29 is 22.8 Å². The lowest BCUT2D eigenvalue weighted by Crippen LogP contribution is -2.50. The van der Waals surface area contributed by atoms with Crippen LogP contribution in [-0.4, -0.2) is 48.0 Å². The largest absolute Gasteiger partial charge is 0.417 e. The van der Waals surface area contributed by atoms with Crippen molar-refractivity contribution in [2.24, 2.45) is 5.73 Å². The number of piperazine rings is 1. The summed E-state index contributed by atoms with van der Waals surface area (Å²) in [4.78, 5) is 32.0. The smallest absolute Gasteiger partial charge is 0.352 e. The minimum absolute atomic E-state index is 0.0583. The van der Waals surface area contributed by atoms with Crippen molar-refractivity contribution in [1.82, 2.24) is 15.2 Å². The summed E-state index contributed by atoms with van der Waals surface area (Å²) in [7, 11) is 0. The van der Waals surface area contributed by atoms with Gasteiger partial charge in [0.15, 0.2) is 0 Å². The van der Waals surface area contributed by atoms with E-state index in [1.807, 2.05) is 17.5 Å². The highest BCUT2D eigenvalue weighted by Crippen LogP contribution is 2.33. The van der Waals surface area contributed by atoms with Gasteiger partial charge in [0.1, 0.15) is 5.82 Å². The molecule has 2 aromatic rings. The molecule has 2 aromatic heterocycles. The van der Waals surface area contributed by atoms with Gasteiger partial charge in [-0.05, 0) is 17.5 Å². The van der Waals surface area contributed by atoms with E-state index in [4.69, 9.17) is 17.3 Å². The standard InChI is InChI=1S/C18H19ClF3N5O2S/c19-12-8-11(18(20,21)22)10-24-16(12)27-5-3-26(4-6-27)15(28)9-13(25-17(23)29)14-2-1-7-30-14/h1-2,7-8,10,13H,3-6,9H2,(H3,23,25,29). The van der Waals surface area contributed by atoms with E-state index in [1.54, 1.807) is 9.80 Å². The molecule has 30 heavy (non-hydrogen) atoms. The number of thiophene rings is 1. The van der Waals surface area contributed by atoms with Crippen LogP contribution in [-0.2, 0) is 11.0 Å². The number of nitrogens with two attached hydrogens (primary N) is 1. The summed E-state index contributed by atoms with van der Waals surface area (Å²) in [6, 6.07) is 3.25. The number of carbonyl (C=O) groups excluding carboxylic acids is 2. The Hall–Kier alpha value is -2.53. The number of nitrogens with one attached hydrogen (secondary N) is 1. The first-order valence-electron chi connectivity index (χ1n) is 9.00. The number of urea groups is 1. The summed E-state index contributed by atoms with van der Waals surface area (Å²) in [5.41, 5.74) is 4.31. The first-order chi connectivity index (χ1) is 14.1. The SMILES string of the molecule is NC(=O)NC(CC(=O)N1CCN(c2ncc(C(F)(F)F)cc2Cl)CC1)c1cccs1. The summed E-state index contributed by atoms with van der Waals surface area (Å²) in [6.45, 7) is 1.45. The molecule has 1 aliphatic rings. The van der Waals surface area contributed by atoms with Gasteiger partial charge < -0.3 is 20.9 Å². The second-order valence-corrected chi connectivity index (χ2v) is 8.06. The molecule has 1 unspecified atom stereocenters. The van der Waals surface area contributed by atoms with Crippen molar-refractivity contribution in [2.75, 3.05) is 31.1 Å². The van der Waals surface area contributed by atoms with Crippen LogP contribution in [0.25, 0.3) is 0 Å². The molecule has 0 bridgehead atoms. The number of alkyl halides is 3. The number of nitrogens with zero attached hydrogens (tertiary/aromatic N) is 3. The van der Waals surface area contributed by atoms with Gasteiger partial charge in [-0.1, -0.05) is 17.7 Å². The van der Waals surface area contributed by atoms with Crippen molar-refractivity contribution in [3.63, 3.8) is 0 Å². The Morgan fingerprint density at radius 3 is 2.53 bits per heavy atom. The molecule has 1 fully saturated rings. The van der Waals surface area contributed by atoms with Crippen LogP contribution in [0.4, 0.5) is 23.8 Å². The van der Waals surface area contributed by atoms with E-state index >= 15 is 0 Å². The maximum atomic E-state index is 12.8. The fourth-order valence-electron chi connectivity index (χ4n) is 3.17. The maximum absolute atomic E-state index is 12.8. The number of halogens is 4. The van der Waals surface area contributed by atoms with E-state index in [9.17, 15) is 22.8 Å². The molecule has 0 spiro atoms. The third-order valence-corrected chi connectivity index (χ3v) is 5.93. The number of pyridine rings is 1. The van der Waals surface area contributed by atoms with Crippen LogP contribution in [0, 0.1) is 0 Å². The molecule has 0 aromatic carbocycles. The molecule has 1 saturated heterocycles. The molecule has 0 radical (unpaired) electrons. The van der Waals surface area contributed by atoms with Crippen molar-refractivity contribution in [3.8, 4) is 0 Å². The number of carbonyl (C=O) groups is 2. The molecular weight excluding hydrogens is 443 g/mol. The lowest BCUT2D eigenvalue weighted by molar-refractivity contribution is -0.138. The number of aromatic nitrogens is 1. The molecule has 0 aliphatic carbocycles. The molecular formula is C18H19ClF3N5O2S. The van der Waals surface area contributed by atoms with Crippen molar-refractivity contribution in [3.05, 3.63) is 45.2 Å². The lowest BCUT2D eigenvalue weighted by atomic mass is 10.1. The Labute approximate surface area is 179 Å². The minimum atomic E-state index is -4.52. The fraction of sp³-hybridized carbons (Fsp3) is 0.389. The van der Waals surface area contributed by atoms with E-state index in [0.29, 0.717) is 26.2 Å². The third kappa shape index (κ3) is 5.33. The Morgan fingerprint density at radius 2 is 2.00 bits per heavy atom. The first kappa shape index (κ1) is 22.2. The Kier molecular flexibility index (Phi) is 6.71. The van der Waals surface area contributed by atoms with E-state index < -0.39 is 23.8 Å². The van der Waals surface area contributed by atoms with Crippen LogP contribution in [0.1, 0.15) is 22.9 Å². The molecule has 3 amide bonds. The molecule has 12 heteroatoms.